The van der Waals surface area contributed by atoms with Gasteiger partial charge in [-0.3, -0.25) is 0 Å². The second kappa shape index (κ2) is 10.2. The molecule has 1 heterocycles. The molecular weight excluding hydrogens is 292 g/mol. The van der Waals surface area contributed by atoms with Crippen molar-refractivity contribution < 1.29 is 4.43 Å². The van der Waals surface area contributed by atoms with Crippen molar-refractivity contribution in [2.45, 2.75) is 71.3 Å². The maximum absolute atomic E-state index is 5.75. The van der Waals surface area contributed by atoms with Crippen LogP contribution in [0, 0.1) is 0 Å². The molecule has 1 aliphatic rings. The first-order chi connectivity index (χ1) is 10.1. The first-order valence-corrected chi connectivity index (χ1v) is 13.3. The summed E-state index contributed by atoms with van der Waals surface area (Å²) < 4.78 is 8.66. The minimum absolute atomic E-state index is 0.257. The molecule has 0 amide bonds. The van der Waals surface area contributed by atoms with E-state index in [1.807, 2.05) is 0 Å². The molecule has 126 valence electrons. The number of rotatable bonds is 10. The van der Waals surface area contributed by atoms with E-state index in [2.05, 4.69) is 44.1 Å². The molecule has 0 N–H and O–H groups in total. The third kappa shape index (κ3) is 6.14. The van der Waals surface area contributed by atoms with Gasteiger partial charge in [0.05, 0.1) is 0 Å². The summed E-state index contributed by atoms with van der Waals surface area (Å²) in [5.74, 6) is 0. The average molecular weight is 331 g/mol. The number of piperazine rings is 1. The van der Waals surface area contributed by atoms with Crippen molar-refractivity contribution in [1.82, 2.24) is 9.47 Å². The number of nitrogens with zero attached hydrogens (tertiary/aromatic N) is 2. The minimum Gasteiger partial charge on any atom is -0.422 e. The van der Waals surface area contributed by atoms with Crippen LogP contribution < -0.4 is 0 Å². The lowest BCUT2D eigenvalue weighted by molar-refractivity contribution is 0.181. The molecule has 1 fully saturated rings. The van der Waals surface area contributed by atoms with E-state index in [1.165, 1.54) is 63.3 Å². The highest BCUT2D eigenvalue weighted by Crippen LogP contribution is 2.26. The highest BCUT2D eigenvalue weighted by atomic mass is 28.3. The van der Waals surface area contributed by atoms with Crippen LogP contribution in [0.2, 0.25) is 24.2 Å². The van der Waals surface area contributed by atoms with Crippen molar-refractivity contribution in [2.24, 2.45) is 0 Å². The Morgan fingerprint density at radius 2 is 1.57 bits per heavy atom. The topological polar surface area (TPSA) is 15.7 Å². The lowest BCUT2D eigenvalue weighted by Gasteiger charge is -2.45. The summed E-state index contributed by atoms with van der Waals surface area (Å²) in [6.45, 7) is 18.1. The number of hydrogen-bond donors (Lipinski definition) is 0. The SMILES string of the molecule is CC[Si](CC)(CC)N1CCN(CCC[SiH2]OC(C)C)CC1. The molecule has 3 nitrogen and oxygen atoms in total. The van der Waals surface area contributed by atoms with E-state index in [9.17, 15) is 0 Å². The zero-order valence-corrected chi connectivity index (χ0v) is 17.6. The molecule has 1 rings (SSSR count). The van der Waals surface area contributed by atoms with Crippen molar-refractivity contribution in [2.75, 3.05) is 32.7 Å². The van der Waals surface area contributed by atoms with Crippen molar-refractivity contribution >= 4 is 18.0 Å². The molecule has 21 heavy (non-hydrogen) atoms. The molecule has 0 atom stereocenters. The van der Waals surface area contributed by atoms with E-state index in [0.29, 0.717) is 6.10 Å². The standard InChI is InChI=1S/C16H38N2OSi2/c1-6-21(7-2,8-3)18-13-11-17(12-14-18)10-9-15-20-19-16(4)5/h16H,6-15,20H2,1-5H3. The molecule has 0 radical (unpaired) electrons. The average Bonchev–Trinajstić information content (AvgIpc) is 2.50. The lowest BCUT2D eigenvalue weighted by atomic mass is 10.3. The smallest absolute Gasteiger partial charge is 0.161 e. The van der Waals surface area contributed by atoms with E-state index in [-0.39, 0.29) is 9.76 Å². The van der Waals surface area contributed by atoms with Gasteiger partial charge in [-0.1, -0.05) is 20.8 Å². The third-order valence-electron chi connectivity index (χ3n) is 5.34. The maximum atomic E-state index is 5.75. The predicted molar refractivity (Wildman–Crippen MR) is 99.4 cm³/mol. The molecule has 0 bridgehead atoms. The summed E-state index contributed by atoms with van der Waals surface area (Å²) in [6.07, 6.45) is 1.78. The number of hydrogen-bond acceptors (Lipinski definition) is 3. The largest absolute Gasteiger partial charge is 0.422 e. The molecule has 0 spiro atoms. The van der Waals surface area contributed by atoms with Gasteiger partial charge in [0.15, 0.2) is 9.76 Å². The van der Waals surface area contributed by atoms with Crippen LogP contribution in [0.1, 0.15) is 41.0 Å². The van der Waals surface area contributed by atoms with Gasteiger partial charge in [0.25, 0.3) is 0 Å². The van der Waals surface area contributed by atoms with Crippen LogP contribution in [-0.4, -0.2) is 66.3 Å². The molecule has 1 aliphatic heterocycles. The molecule has 0 unspecified atom stereocenters. The van der Waals surface area contributed by atoms with E-state index in [1.54, 1.807) is 0 Å². The quantitative estimate of drug-likeness (QED) is 0.452. The van der Waals surface area contributed by atoms with E-state index in [4.69, 9.17) is 4.43 Å². The van der Waals surface area contributed by atoms with Crippen molar-refractivity contribution in [3.63, 3.8) is 0 Å². The van der Waals surface area contributed by atoms with Crippen molar-refractivity contribution in [3.05, 3.63) is 0 Å². The van der Waals surface area contributed by atoms with E-state index in [0.717, 1.165) is 0 Å². The van der Waals surface area contributed by atoms with Crippen LogP contribution in [0.4, 0.5) is 0 Å². The Kier molecular flexibility index (Phi) is 9.36. The first kappa shape index (κ1) is 19.4. The Balaban J connectivity index is 2.23. The van der Waals surface area contributed by atoms with Crippen LogP contribution in [0.5, 0.6) is 0 Å². The normalized spacial score (nSPS) is 19.1. The maximum Gasteiger partial charge on any atom is 0.161 e. The third-order valence-corrected chi connectivity index (χ3v) is 12.8. The Labute approximate surface area is 136 Å². The Hall–Kier alpha value is 0.314. The summed E-state index contributed by atoms with van der Waals surface area (Å²) in [5.41, 5.74) is 0. The fourth-order valence-electron chi connectivity index (χ4n) is 3.62. The van der Waals surface area contributed by atoms with Crippen LogP contribution >= 0.6 is 0 Å². The van der Waals surface area contributed by atoms with E-state index >= 15 is 0 Å². The van der Waals surface area contributed by atoms with Crippen LogP contribution in [0.15, 0.2) is 0 Å². The van der Waals surface area contributed by atoms with Gasteiger partial charge >= 0.3 is 0 Å². The molecular formula is C16H38N2OSi2. The molecule has 1 saturated heterocycles. The molecule has 0 saturated carbocycles. The van der Waals surface area contributed by atoms with E-state index < -0.39 is 8.24 Å². The van der Waals surface area contributed by atoms with Gasteiger partial charge in [-0.25, -0.2) is 0 Å². The van der Waals surface area contributed by atoms with Gasteiger partial charge in [0.2, 0.25) is 0 Å². The van der Waals surface area contributed by atoms with Crippen molar-refractivity contribution in [1.29, 1.82) is 0 Å². The summed E-state index contributed by atoms with van der Waals surface area (Å²) in [6, 6.07) is 5.63. The second-order valence-electron chi connectivity index (χ2n) is 6.74. The fourth-order valence-corrected chi connectivity index (χ4v) is 8.68. The summed E-state index contributed by atoms with van der Waals surface area (Å²) in [4.78, 5) is 2.68. The van der Waals surface area contributed by atoms with Gasteiger partial charge in [-0.2, -0.15) is 0 Å². The van der Waals surface area contributed by atoms with Crippen molar-refractivity contribution in [3.8, 4) is 0 Å². The monoisotopic (exact) mass is 330 g/mol. The lowest BCUT2D eigenvalue weighted by Crippen LogP contribution is -2.59. The Morgan fingerprint density at radius 3 is 2.05 bits per heavy atom. The molecule has 0 aromatic carbocycles. The van der Waals surface area contributed by atoms with Crippen LogP contribution in [0.3, 0.4) is 0 Å². The van der Waals surface area contributed by atoms with Crippen LogP contribution in [-0.2, 0) is 4.43 Å². The highest BCUT2D eigenvalue weighted by molar-refractivity contribution is 6.77. The fraction of sp³-hybridized carbons (Fsp3) is 1.00. The summed E-state index contributed by atoms with van der Waals surface area (Å²) in [5, 5.41) is 0. The molecule has 0 aliphatic carbocycles. The highest BCUT2D eigenvalue weighted by Gasteiger charge is 2.35. The van der Waals surface area contributed by atoms with Gasteiger partial charge < -0.3 is 13.9 Å². The zero-order valence-electron chi connectivity index (χ0n) is 15.2. The minimum atomic E-state index is -1.11. The second-order valence-corrected chi connectivity index (χ2v) is 13.4. The van der Waals surface area contributed by atoms with Gasteiger partial charge in [-0.15, -0.1) is 0 Å². The zero-order chi connectivity index (χ0) is 15.7. The Bertz CT molecular complexity index is 257. The first-order valence-electron chi connectivity index (χ1n) is 9.17. The Morgan fingerprint density at radius 1 is 1.00 bits per heavy atom. The molecule has 0 aromatic rings. The molecule has 5 heteroatoms. The molecule has 0 aromatic heterocycles. The van der Waals surface area contributed by atoms with Crippen LogP contribution in [0.25, 0.3) is 0 Å². The van der Waals surface area contributed by atoms with Gasteiger partial charge in [0.1, 0.15) is 8.24 Å². The van der Waals surface area contributed by atoms with Gasteiger partial charge in [-0.05, 0) is 51.0 Å². The summed E-state index contributed by atoms with van der Waals surface area (Å²) in [7, 11) is -1.37. The predicted octanol–water partition coefficient (Wildman–Crippen LogP) is 2.93. The summed E-state index contributed by atoms with van der Waals surface area (Å²) >= 11 is 0. The van der Waals surface area contributed by atoms with Gasteiger partial charge in [0, 0.05) is 32.3 Å².